The molecule has 82 valence electrons. The zero-order valence-corrected chi connectivity index (χ0v) is 8.96. The molecule has 1 fully saturated rings. The second-order valence-electron chi connectivity index (χ2n) is 3.80. The minimum atomic E-state index is -0.251. The highest BCUT2D eigenvalue weighted by Crippen LogP contribution is 2.27. The molecule has 1 saturated carbocycles. The second kappa shape index (κ2) is 6.82. The Morgan fingerprint density at radius 3 is 2.71 bits per heavy atom. The average molecular weight is 200 g/mol. The van der Waals surface area contributed by atoms with E-state index in [1.165, 1.54) is 25.7 Å². The monoisotopic (exact) mass is 200 g/mol. The molecule has 1 rings (SSSR count). The average Bonchev–Trinajstić information content (AvgIpc) is 2.65. The molecule has 14 heavy (non-hydrogen) atoms. The largest absolute Gasteiger partial charge is 0.464 e. The predicted octanol–water partition coefficient (Wildman–Crippen LogP) is 2.15. The Hall–Kier alpha value is -0.570. The van der Waals surface area contributed by atoms with Crippen molar-refractivity contribution < 1.29 is 14.3 Å². The summed E-state index contributed by atoms with van der Waals surface area (Å²) in [5.41, 5.74) is 0. The van der Waals surface area contributed by atoms with Crippen LogP contribution in [0.2, 0.25) is 0 Å². The summed E-state index contributed by atoms with van der Waals surface area (Å²) in [6.07, 6.45) is 6.50. The molecule has 0 aliphatic heterocycles. The molecule has 0 amide bonds. The molecule has 0 unspecified atom stereocenters. The van der Waals surface area contributed by atoms with E-state index in [-0.39, 0.29) is 12.6 Å². The molecule has 3 heteroatoms. The minimum Gasteiger partial charge on any atom is -0.464 e. The Labute approximate surface area is 85.8 Å². The summed E-state index contributed by atoms with van der Waals surface area (Å²) in [6, 6.07) is 0. The van der Waals surface area contributed by atoms with Gasteiger partial charge in [-0.3, -0.25) is 0 Å². The fourth-order valence-corrected chi connectivity index (χ4v) is 1.91. The Morgan fingerprint density at radius 2 is 2.07 bits per heavy atom. The van der Waals surface area contributed by atoms with Crippen molar-refractivity contribution in [2.24, 2.45) is 5.92 Å². The molecule has 0 spiro atoms. The van der Waals surface area contributed by atoms with Crippen molar-refractivity contribution in [3.8, 4) is 0 Å². The summed E-state index contributed by atoms with van der Waals surface area (Å²) in [7, 11) is 0. The van der Waals surface area contributed by atoms with Crippen molar-refractivity contribution in [1.29, 1.82) is 0 Å². The summed E-state index contributed by atoms with van der Waals surface area (Å²) in [4.78, 5) is 10.9. The van der Waals surface area contributed by atoms with E-state index >= 15 is 0 Å². The summed E-state index contributed by atoms with van der Waals surface area (Å²) in [6.45, 7) is 3.05. The lowest BCUT2D eigenvalue weighted by atomic mass is 10.1. The van der Waals surface area contributed by atoms with E-state index < -0.39 is 0 Å². The summed E-state index contributed by atoms with van der Waals surface area (Å²) in [5, 5.41) is 0. The van der Waals surface area contributed by atoms with Gasteiger partial charge in [0.05, 0.1) is 6.61 Å². The molecule has 0 aromatic heterocycles. The van der Waals surface area contributed by atoms with Gasteiger partial charge < -0.3 is 9.47 Å². The van der Waals surface area contributed by atoms with E-state index in [9.17, 15) is 4.79 Å². The molecule has 0 bridgehead atoms. The molecule has 0 heterocycles. The van der Waals surface area contributed by atoms with Crippen molar-refractivity contribution in [3.63, 3.8) is 0 Å². The zero-order chi connectivity index (χ0) is 10.2. The van der Waals surface area contributed by atoms with Gasteiger partial charge in [-0.25, -0.2) is 4.79 Å². The molecule has 0 aromatic carbocycles. The molecule has 0 saturated heterocycles. The van der Waals surface area contributed by atoms with Crippen molar-refractivity contribution in [3.05, 3.63) is 0 Å². The maximum atomic E-state index is 10.9. The second-order valence-corrected chi connectivity index (χ2v) is 3.80. The number of hydrogen-bond acceptors (Lipinski definition) is 3. The first-order chi connectivity index (χ1) is 6.83. The summed E-state index contributed by atoms with van der Waals surface area (Å²) < 4.78 is 9.99. The lowest BCUT2D eigenvalue weighted by molar-refractivity contribution is -0.148. The molecule has 0 radical (unpaired) electrons. The Kier molecular flexibility index (Phi) is 5.60. The minimum absolute atomic E-state index is 0.112. The number of esters is 1. The number of carbonyl (C=O) groups is 1. The van der Waals surface area contributed by atoms with Crippen LogP contribution in [0, 0.1) is 5.92 Å². The van der Waals surface area contributed by atoms with E-state index in [4.69, 9.17) is 9.47 Å². The van der Waals surface area contributed by atoms with Crippen LogP contribution in [0.3, 0.4) is 0 Å². The first kappa shape index (κ1) is 11.5. The zero-order valence-electron chi connectivity index (χ0n) is 8.96. The van der Waals surface area contributed by atoms with Gasteiger partial charge in [0, 0.05) is 6.61 Å². The first-order valence-electron chi connectivity index (χ1n) is 5.56. The van der Waals surface area contributed by atoms with Crippen molar-refractivity contribution in [2.75, 3.05) is 19.8 Å². The third-order valence-corrected chi connectivity index (χ3v) is 2.67. The maximum Gasteiger partial charge on any atom is 0.332 e. The highest BCUT2D eigenvalue weighted by atomic mass is 16.6. The van der Waals surface area contributed by atoms with Crippen LogP contribution in [-0.2, 0) is 14.3 Å². The van der Waals surface area contributed by atoms with Gasteiger partial charge in [-0.1, -0.05) is 25.7 Å². The van der Waals surface area contributed by atoms with Crippen LogP contribution in [-0.4, -0.2) is 25.8 Å². The number of ether oxygens (including phenoxy) is 2. The van der Waals surface area contributed by atoms with Crippen LogP contribution in [0.1, 0.15) is 39.0 Å². The predicted molar refractivity (Wildman–Crippen MR) is 54.0 cm³/mol. The highest BCUT2D eigenvalue weighted by Gasteiger charge is 2.14. The first-order valence-corrected chi connectivity index (χ1v) is 5.56. The quantitative estimate of drug-likeness (QED) is 0.487. The van der Waals surface area contributed by atoms with Gasteiger partial charge in [0.1, 0.15) is 6.61 Å². The number of hydrogen-bond donors (Lipinski definition) is 0. The van der Waals surface area contributed by atoms with Crippen molar-refractivity contribution >= 4 is 5.97 Å². The fraction of sp³-hybridized carbons (Fsp3) is 0.909. The number of rotatable bonds is 6. The fourth-order valence-electron chi connectivity index (χ4n) is 1.91. The van der Waals surface area contributed by atoms with Crippen molar-refractivity contribution in [2.45, 2.75) is 39.0 Å². The highest BCUT2D eigenvalue weighted by molar-refractivity contribution is 5.70. The standard InChI is InChI=1S/C11H20O3/c1-2-14-11(12)9-13-8-7-10-5-3-4-6-10/h10H,2-9H2,1H3. The van der Waals surface area contributed by atoms with Gasteiger partial charge in [-0.05, 0) is 19.3 Å². The van der Waals surface area contributed by atoms with E-state index in [1.54, 1.807) is 6.92 Å². The van der Waals surface area contributed by atoms with Crippen LogP contribution in [0.4, 0.5) is 0 Å². The maximum absolute atomic E-state index is 10.9. The third-order valence-electron chi connectivity index (χ3n) is 2.67. The third kappa shape index (κ3) is 4.61. The van der Waals surface area contributed by atoms with Crippen LogP contribution >= 0.6 is 0 Å². The Balaban J connectivity index is 1.90. The topological polar surface area (TPSA) is 35.5 Å². The molecular weight excluding hydrogens is 180 g/mol. The van der Waals surface area contributed by atoms with E-state index in [2.05, 4.69) is 0 Å². The van der Waals surface area contributed by atoms with E-state index in [1.807, 2.05) is 0 Å². The summed E-state index contributed by atoms with van der Waals surface area (Å²) in [5.74, 6) is 0.580. The lowest BCUT2D eigenvalue weighted by Crippen LogP contribution is -2.13. The van der Waals surface area contributed by atoms with Gasteiger partial charge in [-0.15, -0.1) is 0 Å². The molecule has 3 nitrogen and oxygen atoms in total. The van der Waals surface area contributed by atoms with E-state index in [0.29, 0.717) is 13.2 Å². The lowest BCUT2D eigenvalue weighted by Gasteiger charge is -2.08. The van der Waals surface area contributed by atoms with Crippen LogP contribution in [0.5, 0.6) is 0 Å². The Morgan fingerprint density at radius 1 is 1.36 bits per heavy atom. The molecule has 0 N–H and O–H groups in total. The molecular formula is C11H20O3. The van der Waals surface area contributed by atoms with Gasteiger partial charge in [0.2, 0.25) is 0 Å². The van der Waals surface area contributed by atoms with Gasteiger partial charge in [-0.2, -0.15) is 0 Å². The van der Waals surface area contributed by atoms with Crippen LogP contribution in [0.15, 0.2) is 0 Å². The number of carbonyl (C=O) groups excluding carboxylic acids is 1. The van der Waals surface area contributed by atoms with Gasteiger partial charge in [0.15, 0.2) is 0 Å². The normalized spacial score (nSPS) is 17.2. The molecule has 1 aliphatic carbocycles. The molecule has 1 aliphatic rings. The molecule has 0 aromatic rings. The van der Waals surface area contributed by atoms with Gasteiger partial charge in [0.25, 0.3) is 0 Å². The summed E-state index contributed by atoms with van der Waals surface area (Å²) >= 11 is 0. The van der Waals surface area contributed by atoms with Crippen LogP contribution < -0.4 is 0 Å². The van der Waals surface area contributed by atoms with Crippen molar-refractivity contribution in [1.82, 2.24) is 0 Å². The van der Waals surface area contributed by atoms with Crippen LogP contribution in [0.25, 0.3) is 0 Å². The molecule has 0 atom stereocenters. The smallest absolute Gasteiger partial charge is 0.332 e. The SMILES string of the molecule is CCOC(=O)COCCC1CCCC1. The van der Waals surface area contributed by atoms with E-state index in [0.717, 1.165) is 12.3 Å². The van der Waals surface area contributed by atoms with Gasteiger partial charge >= 0.3 is 5.97 Å². The Bertz CT molecular complexity index is 162.